The van der Waals surface area contributed by atoms with Crippen LogP contribution in [-0.2, 0) is 11.8 Å². The van der Waals surface area contributed by atoms with Gasteiger partial charge in [-0.3, -0.25) is 9.48 Å². The standard InChI is InChI=1S/C17H22N6O2/c1-11-6-18-17(19-7-11)23-10-13(15-14(23)4-3-5-25-15)21-16(24)12-8-20-22(2)9-12/h6-9,13-15H,3-5,10H2,1-2H3,(H,21,24)/t13-,14-,15-/m0/s1. The fourth-order valence-corrected chi connectivity index (χ4v) is 3.64. The number of carbonyl (C=O) groups is 1. The number of hydrogen-bond acceptors (Lipinski definition) is 6. The zero-order chi connectivity index (χ0) is 17.4. The van der Waals surface area contributed by atoms with Crippen molar-refractivity contribution < 1.29 is 9.53 Å². The van der Waals surface area contributed by atoms with E-state index in [1.807, 2.05) is 19.3 Å². The minimum Gasteiger partial charge on any atom is -0.374 e. The molecular formula is C17H22N6O2. The maximum Gasteiger partial charge on any atom is 0.254 e. The summed E-state index contributed by atoms with van der Waals surface area (Å²) in [6.07, 6.45) is 8.91. The first-order valence-corrected chi connectivity index (χ1v) is 8.58. The second kappa shape index (κ2) is 6.44. The van der Waals surface area contributed by atoms with Gasteiger partial charge >= 0.3 is 0 Å². The molecule has 4 heterocycles. The Morgan fingerprint density at radius 3 is 2.84 bits per heavy atom. The van der Waals surface area contributed by atoms with Crippen LogP contribution in [0.1, 0.15) is 28.8 Å². The third-order valence-corrected chi connectivity index (χ3v) is 4.83. The average molecular weight is 342 g/mol. The number of nitrogens with zero attached hydrogens (tertiary/aromatic N) is 5. The molecule has 0 bridgehead atoms. The Morgan fingerprint density at radius 2 is 2.12 bits per heavy atom. The summed E-state index contributed by atoms with van der Waals surface area (Å²) in [5, 5.41) is 7.16. The van der Waals surface area contributed by atoms with Crippen molar-refractivity contribution in [2.24, 2.45) is 7.05 Å². The summed E-state index contributed by atoms with van der Waals surface area (Å²) in [5.74, 6) is 0.571. The fraction of sp³-hybridized carbons (Fsp3) is 0.529. The number of carbonyl (C=O) groups excluding carboxylic acids is 1. The Kier molecular flexibility index (Phi) is 4.12. The van der Waals surface area contributed by atoms with E-state index in [9.17, 15) is 4.79 Å². The molecule has 3 atom stereocenters. The Balaban J connectivity index is 1.54. The molecule has 2 fully saturated rings. The van der Waals surface area contributed by atoms with Gasteiger partial charge in [0.15, 0.2) is 0 Å². The van der Waals surface area contributed by atoms with Crippen LogP contribution < -0.4 is 10.2 Å². The van der Waals surface area contributed by atoms with E-state index in [-0.39, 0.29) is 24.1 Å². The van der Waals surface area contributed by atoms with E-state index in [1.165, 1.54) is 0 Å². The topological polar surface area (TPSA) is 85.2 Å². The summed E-state index contributed by atoms with van der Waals surface area (Å²) in [5.41, 5.74) is 1.58. The molecule has 4 rings (SSSR count). The lowest BCUT2D eigenvalue weighted by molar-refractivity contribution is 0.000629. The third kappa shape index (κ3) is 3.09. The van der Waals surface area contributed by atoms with E-state index in [4.69, 9.17) is 4.74 Å². The summed E-state index contributed by atoms with van der Waals surface area (Å²) >= 11 is 0. The molecule has 0 saturated carbocycles. The van der Waals surface area contributed by atoms with Crippen LogP contribution in [-0.4, -0.2) is 57.0 Å². The molecule has 1 N–H and O–H groups in total. The van der Waals surface area contributed by atoms with Gasteiger partial charge in [-0.25, -0.2) is 9.97 Å². The molecule has 2 saturated heterocycles. The summed E-state index contributed by atoms with van der Waals surface area (Å²) in [7, 11) is 1.79. The first kappa shape index (κ1) is 16.0. The van der Waals surface area contributed by atoms with Gasteiger partial charge in [-0.2, -0.15) is 5.10 Å². The minimum absolute atomic E-state index is 0.0423. The van der Waals surface area contributed by atoms with Crippen molar-refractivity contribution in [2.75, 3.05) is 18.1 Å². The van der Waals surface area contributed by atoms with Gasteiger partial charge < -0.3 is 15.0 Å². The number of amides is 1. The smallest absolute Gasteiger partial charge is 0.254 e. The quantitative estimate of drug-likeness (QED) is 0.883. The zero-order valence-corrected chi connectivity index (χ0v) is 14.4. The Labute approximate surface area is 146 Å². The molecule has 0 unspecified atom stereocenters. The molecule has 0 aliphatic carbocycles. The highest BCUT2D eigenvalue weighted by Crippen LogP contribution is 2.31. The summed E-state index contributed by atoms with van der Waals surface area (Å²) in [6.45, 7) is 3.34. The predicted molar refractivity (Wildman–Crippen MR) is 91.3 cm³/mol. The van der Waals surface area contributed by atoms with Gasteiger partial charge in [0.2, 0.25) is 5.95 Å². The van der Waals surface area contributed by atoms with Crippen LogP contribution in [0.3, 0.4) is 0 Å². The summed E-state index contributed by atoms with van der Waals surface area (Å²) < 4.78 is 7.62. The van der Waals surface area contributed by atoms with Crippen molar-refractivity contribution in [1.82, 2.24) is 25.1 Å². The second-order valence-electron chi connectivity index (χ2n) is 6.74. The van der Waals surface area contributed by atoms with Crippen molar-refractivity contribution in [3.63, 3.8) is 0 Å². The SMILES string of the molecule is Cc1cnc(N2C[C@H](NC(=O)c3cnn(C)c3)[C@@H]3OCCC[C@@H]32)nc1. The molecule has 2 aliphatic rings. The van der Waals surface area contributed by atoms with Crippen molar-refractivity contribution in [2.45, 2.75) is 38.0 Å². The number of anilines is 1. The van der Waals surface area contributed by atoms with Crippen molar-refractivity contribution in [1.29, 1.82) is 0 Å². The zero-order valence-electron chi connectivity index (χ0n) is 14.4. The average Bonchev–Trinajstić information content (AvgIpc) is 3.20. The number of rotatable bonds is 3. The van der Waals surface area contributed by atoms with Gasteiger partial charge in [0.1, 0.15) is 0 Å². The minimum atomic E-state index is -0.127. The first-order valence-electron chi connectivity index (χ1n) is 8.58. The Morgan fingerprint density at radius 1 is 1.32 bits per heavy atom. The van der Waals surface area contributed by atoms with Crippen LogP contribution in [0.2, 0.25) is 0 Å². The number of ether oxygens (including phenoxy) is 1. The third-order valence-electron chi connectivity index (χ3n) is 4.83. The summed E-state index contributed by atoms with van der Waals surface area (Å²) in [6, 6.07) is 0.0959. The number of hydrogen-bond donors (Lipinski definition) is 1. The van der Waals surface area contributed by atoms with Crippen LogP contribution in [0, 0.1) is 6.92 Å². The van der Waals surface area contributed by atoms with Crippen LogP contribution in [0.4, 0.5) is 5.95 Å². The van der Waals surface area contributed by atoms with Crippen molar-refractivity contribution >= 4 is 11.9 Å². The molecule has 8 nitrogen and oxygen atoms in total. The molecule has 0 aromatic carbocycles. The van der Waals surface area contributed by atoms with Gasteiger partial charge in [0.25, 0.3) is 5.91 Å². The monoisotopic (exact) mass is 342 g/mol. The maximum absolute atomic E-state index is 12.5. The van der Waals surface area contributed by atoms with Crippen LogP contribution in [0.15, 0.2) is 24.8 Å². The predicted octanol–water partition coefficient (Wildman–Crippen LogP) is 0.685. The van der Waals surface area contributed by atoms with E-state index in [0.717, 1.165) is 25.0 Å². The molecule has 2 aromatic heterocycles. The highest BCUT2D eigenvalue weighted by atomic mass is 16.5. The number of aromatic nitrogens is 4. The van der Waals surface area contributed by atoms with E-state index in [0.29, 0.717) is 18.1 Å². The normalized spacial score (nSPS) is 25.7. The molecule has 2 aliphatic heterocycles. The molecule has 0 radical (unpaired) electrons. The van der Waals surface area contributed by atoms with E-state index < -0.39 is 0 Å². The summed E-state index contributed by atoms with van der Waals surface area (Å²) in [4.78, 5) is 23.6. The van der Waals surface area contributed by atoms with E-state index in [1.54, 1.807) is 24.1 Å². The molecule has 25 heavy (non-hydrogen) atoms. The van der Waals surface area contributed by atoms with Gasteiger partial charge in [0.05, 0.1) is 29.9 Å². The molecule has 132 valence electrons. The number of fused-ring (bicyclic) bond motifs is 1. The lowest BCUT2D eigenvalue weighted by atomic mass is 10.0. The Bertz CT molecular complexity index is 759. The molecule has 1 amide bonds. The highest BCUT2D eigenvalue weighted by molar-refractivity contribution is 5.94. The van der Waals surface area contributed by atoms with Gasteiger partial charge in [-0.05, 0) is 25.3 Å². The molecular weight excluding hydrogens is 320 g/mol. The highest BCUT2D eigenvalue weighted by Gasteiger charge is 2.45. The molecule has 0 spiro atoms. The fourth-order valence-electron chi connectivity index (χ4n) is 3.64. The van der Waals surface area contributed by atoms with Crippen LogP contribution in [0.25, 0.3) is 0 Å². The lowest BCUT2D eigenvalue weighted by Crippen LogP contribution is -2.47. The van der Waals surface area contributed by atoms with Crippen molar-refractivity contribution in [3.8, 4) is 0 Å². The van der Waals surface area contributed by atoms with E-state index >= 15 is 0 Å². The van der Waals surface area contributed by atoms with Gasteiger partial charge in [0, 0.05) is 38.8 Å². The van der Waals surface area contributed by atoms with E-state index in [2.05, 4.69) is 25.3 Å². The van der Waals surface area contributed by atoms with Gasteiger partial charge in [-0.15, -0.1) is 0 Å². The van der Waals surface area contributed by atoms with Crippen LogP contribution in [0.5, 0.6) is 0 Å². The van der Waals surface area contributed by atoms with Crippen LogP contribution >= 0.6 is 0 Å². The largest absolute Gasteiger partial charge is 0.374 e. The molecule has 8 heteroatoms. The maximum atomic E-state index is 12.5. The number of aryl methyl sites for hydroxylation is 2. The van der Waals surface area contributed by atoms with Crippen molar-refractivity contribution in [3.05, 3.63) is 35.9 Å². The van der Waals surface area contributed by atoms with Gasteiger partial charge in [-0.1, -0.05) is 0 Å². The second-order valence-corrected chi connectivity index (χ2v) is 6.74. The molecule has 2 aromatic rings. The first-order chi connectivity index (χ1) is 12.1. The lowest BCUT2D eigenvalue weighted by Gasteiger charge is -2.32. The number of nitrogens with one attached hydrogen (secondary N) is 1. The Hall–Kier alpha value is -2.48.